The molecule has 0 atom stereocenters. The molecule has 112 valence electrons. The number of likely N-dealkylation sites (tertiary alicyclic amines) is 1. The zero-order valence-electron chi connectivity index (χ0n) is 11.6. The Bertz CT molecular complexity index is 422. The van der Waals surface area contributed by atoms with E-state index in [9.17, 15) is 4.39 Å². The molecule has 1 aliphatic rings. The van der Waals surface area contributed by atoms with E-state index in [4.69, 9.17) is 5.11 Å². The monoisotopic (exact) mass is 344 g/mol. The van der Waals surface area contributed by atoms with Gasteiger partial charge in [-0.25, -0.2) is 4.39 Å². The van der Waals surface area contributed by atoms with Crippen molar-refractivity contribution in [3.63, 3.8) is 0 Å². The van der Waals surface area contributed by atoms with Gasteiger partial charge in [0.25, 0.3) is 0 Å². The van der Waals surface area contributed by atoms with E-state index < -0.39 is 0 Å². The minimum atomic E-state index is -0.192. The van der Waals surface area contributed by atoms with Crippen molar-refractivity contribution < 1.29 is 9.50 Å². The maximum Gasteiger partial charge on any atom is 0.123 e. The van der Waals surface area contributed by atoms with Gasteiger partial charge in [-0.15, -0.1) is 0 Å². The number of piperidine rings is 1. The smallest absolute Gasteiger partial charge is 0.123 e. The van der Waals surface area contributed by atoms with Crippen LogP contribution >= 0.6 is 15.9 Å². The van der Waals surface area contributed by atoms with Gasteiger partial charge in [0, 0.05) is 17.6 Å². The molecule has 0 bridgehead atoms. The Balaban J connectivity index is 1.70. The third-order valence-electron chi connectivity index (χ3n) is 3.88. The normalized spacial score (nSPS) is 17.6. The molecule has 1 aliphatic heterocycles. The van der Waals surface area contributed by atoms with Gasteiger partial charge in [-0.2, -0.15) is 0 Å². The van der Waals surface area contributed by atoms with Crippen LogP contribution in [0.4, 0.5) is 4.39 Å². The summed E-state index contributed by atoms with van der Waals surface area (Å²) < 4.78 is 14.1. The van der Waals surface area contributed by atoms with E-state index in [0.29, 0.717) is 12.5 Å². The molecule has 0 spiro atoms. The first-order chi connectivity index (χ1) is 9.69. The van der Waals surface area contributed by atoms with Crippen LogP contribution in [-0.2, 0) is 6.54 Å². The largest absolute Gasteiger partial charge is 0.395 e. The Kier molecular flexibility index (Phi) is 6.42. The van der Waals surface area contributed by atoms with Gasteiger partial charge in [0.1, 0.15) is 5.82 Å². The lowest BCUT2D eigenvalue weighted by atomic mass is 9.97. The van der Waals surface area contributed by atoms with Crippen LogP contribution in [0.2, 0.25) is 0 Å². The van der Waals surface area contributed by atoms with E-state index in [0.717, 1.165) is 49.1 Å². The summed E-state index contributed by atoms with van der Waals surface area (Å²) in [7, 11) is 0. The Morgan fingerprint density at radius 2 is 2.10 bits per heavy atom. The number of aliphatic hydroxyl groups excluding tert-OH is 1. The van der Waals surface area contributed by atoms with Crippen LogP contribution in [0.1, 0.15) is 18.4 Å². The van der Waals surface area contributed by atoms with Crippen LogP contribution in [0, 0.1) is 11.7 Å². The molecule has 5 heteroatoms. The summed E-state index contributed by atoms with van der Waals surface area (Å²) in [5, 5.41) is 12.3. The Hall–Kier alpha value is -0.490. The molecule has 0 aromatic heterocycles. The lowest BCUT2D eigenvalue weighted by Crippen LogP contribution is -2.38. The first kappa shape index (κ1) is 15.9. The van der Waals surface area contributed by atoms with E-state index in [1.165, 1.54) is 6.07 Å². The lowest BCUT2D eigenvalue weighted by molar-refractivity contribution is 0.146. The molecule has 3 nitrogen and oxygen atoms in total. The van der Waals surface area contributed by atoms with E-state index >= 15 is 0 Å². The van der Waals surface area contributed by atoms with Gasteiger partial charge < -0.3 is 15.3 Å². The molecule has 0 aliphatic carbocycles. The third kappa shape index (κ3) is 4.81. The fraction of sp³-hybridized carbons (Fsp3) is 0.600. The first-order valence-corrected chi connectivity index (χ1v) is 7.96. The second kappa shape index (κ2) is 8.08. The quantitative estimate of drug-likeness (QED) is 0.831. The molecule has 0 unspecified atom stereocenters. The molecular formula is C15H22BrFN2O. The van der Waals surface area contributed by atoms with Crippen molar-refractivity contribution in [1.82, 2.24) is 10.2 Å². The fourth-order valence-corrected chi connectivity index (χ4v) is 3.03. The number of rotatable bonds is 6. The standard InChI is InChI=1S/C15H22BrFN2O/c16-15-2-1-14(17)9-13(15)11-18-10-12-3-5-19(6-4-12)7-8-20/h1-2,9,12,18,20H,3-8,10-11H2. The average molecular weight is 345 g/mol. The summed E-state index contributed by atoms with van der Waals surface area (Å²) in [6.45, 7) is 4.82. The second-order valence-electron chi connectivity index (χ2n) is 5.38. The topological polar surface area (TPSA) is 35.5 Å². The van der Waals surface area contributed by atoms with Crippen LogP contribution in [0.3, 0.4) is 0 Å². The minimum absolute atomic E-state index is 0.192. The SMILES string of the molecule is OCCN1CCC(CNCc2cc(F)ccc2Br)CC1. The zero-order chi connectivity index (χ0) is 14.4. The summed E-state index contributed by atoms with van der Waals surface area (Å²) >= 11 is 3.44. The molecule has 1 saturated heterocycles. The Morgan fingerprint density at radius 3 is 2.80 bits per heavy atom. The molecule has 20 heavy (non-hydrogen) atoms. The summed E-state index contributed by atoms with van der Waals surface area (Å²) in [5.74, 6) is 0.486. The number of nitrogens with one attached hydrogen (secondary N) is 1. The molecule has 1 aromatic rings. The second-order valence-corrected chi connectivity index (χ2v) is 6.23. The van der Waals surface area contributed by atoms with Crippen molar-refractivity contribution >= 4 is 15.9 Å². The Labute approximate surface area is 128 Å². The maximum atomic E-state index is 13.2. The van der Waals surface area contributed by atoms with Gasteiger partial charge in [0.05, 0.1) is 6.61 Å². The van der Waals surface area contributed by atoms with Crippen molar-refractivity contribution in [1.29, 1.82) is 0 Å². The number of nitrogens with zero attached hydrogens (tertiary/aromatic N) is 1. The van der Waals surface area contributed by atoms with E-state index in [1.807, 2.05) is 0 Å². The third-order valence-corrected chi connectivity index (χ3v) is 4.65. The fourth-order valence-electron chi connectivity index (χ4n) is 2.65. The number of β-amino-alcohol motifs (C(OH)–C–C–N with tert-alkyl or cyclic N) is 1. The molecule has 0 radical (unpaired) electrons. The number of halogens is 2. The summed E-state index contributed by atoms with van der Waals surface area (Å²) in [6.07, 6.45) is 2.33. The van der Waals surface area contributed by atoms with E-state index in [-0.39, 0.29) is 12.4 Å². The number of hydrogen-bond acceptors (Lipinski definition) is 3. The summed E-state index contributed by atoms with van der Waals surface area (Å²) in [6, 6.07) is 4.78. The predicted octanol–water partition coefficient (Wildman–Crippen LogP) is 2.38. The van der Waals surface area contributed by atoms with Gasteiger partial charge in [-0.1, -0.05) is 15.9 Å². The van der Waals surface area contributed by atoms with Gasteiger partial charge in [-0.3, -0.25) is 0 Å². The summed E-state index contributed by atoms with van der Waals surface area (Å²) in [5.41, 5.74) is 0.961. The van der Waals surface area contributed by atoms with Crippen LogP contribution in [0.15, 0.2) is 22.7 Å². The average Bonchev–Trinajstić information content (AvgIpc) is 2.45. The van der Waals surface area contributed by atoms with Crippen molar-refractivity contribution in [2.45, 2.75) is 19.4 Å². The minimum Gasteiger partial charge on any atom is -0.395 e. The molecule has 0 amide bonds. The van der Waals surface area contributed by atoms with Gasteiger partial charge in [0.15, 0.2) is 0 Å². The van der Waals surface area contributed by atoms with Gasteiger partial charge >= 0.3 is 0 Å². The molecule has 1 heterocycles. The van der Waals surface area contributed by atoms with Crippen molar-refractivity contribution in [2.24, 2.45) is 5.92 Å². The molecular weight excluding hydrogens is 323 g/mol. The predicted molar refractivity (Wildman–Crippen MR) is 82.1 cm³/mol. The number of aliphatic hydroxyl groups is 1. The highest BCUT2D eigenvalue weighted by Gasteiger charge is 2.18. The van der Waals surface area contributed by atoms with Gasteiger partial charge in [-0.05, 0) is 62.2 Å². The highest BCUT2D eigenvalue weighted by atomic mass is 79.9. The van der Waals surface area contributed by atoms with Crippen molar-refractivity contribution in [3.05, 3.63) is 34.1 Å². The first-order valence-electron chi connectivity index (χ1n) is 7.17. The molecule has 0 saturated carbocycles. The van der Waals surface area contributed by atoms with Crippen LogP contribution < -0.4 is 5.32 Å². The Morgan fingerprint density at radius 1 is 1.35 bits per heavy atom. The van der Waals surface area contributed by atoms with Crippen molar-refractivity contribution in [3.8, 4) is 0 Å². The van der Waals surface area contributed by atoms with Crippen LogP contribution in [0.5, 0.6) is 0 Å². The number of benzene rings is 1. The molecule has 2 rings (SSSR count). The van der Waals surface area contributed by atoms with E-state index in [2.05, 4.69) is 26.1 Å². The lowest BCUT2D eigenvalue weighted by Gasteiger charge is -2.31. The number of hydrogen-bond donors (Lipinski definition) is 2. The van der Waals surface area contributed by atoms with Crippen LogP contribution in [0.25, 0.3) is 0 Å². The van der Waals surface area contributed by atoms with Gasteiger partial charge in [0.2, 0.25) is 0 Å². The van der Waals surface area contributed by atoms with E-state index in [1.54, 1.807) is 12.1 Å². The summed E-state index contributed by atoms with van der Waals surface area (Å²) in [4.78, 5) is 2.31. The highest BCUT2D eigenvalue weighted by molar-refractivity contribution is 9.10. The highest BCUT2D eigenvalue weighted by Crippen LogP contribution is 2.19. The molecule has 1 fully saturated rings. The van der Waals surface area contributed by atoms with Crippen molar-refractivity contribution in [2.75, 3.05) is 32.8 Å². The zero-order valence-corrected chi connectivity index (χ0v) is 13.2. The molecule has 2 N–H and O–H groups in total. The maximum absolute atomic E-state index is 13.2. The molecule has 1 aromatic carbocycles. The van der Waals surface area contributed by atoms with Crippen LogP contribution in [-0.4, -0.2) is 42.8 Å².